The molecule has 3 rings (SSSR count). The van der Waals surface area contributed by atoms with Gasteiger partial charge in [-0.25, -0.2) is 8.42 Å². The number of rotatable bonds is 5. The van der Waals surface area contributed by atoms with E-state index in [1.807, 2.05) is 26.8 Å². The van der Waals surface area contributed by atoms with E-state index in [4.69, 9.17) is 20.9 Å². The average molecular weight is 455 g/mol. The summed E-state index contributed by atoms with van der Waals surface area (Å²) in [5, 5.41) is 4.37. The zero-order chi connectivity index (χ0) is 22.2. The lowest BCUT2D eigenvalue weighted by atomic mass is 9.97. The standard InChI is InChI=1S/C21H27ClN2O5S/c1-12(2)17-11-18(22)13(3)10-19(17)28-21(25)16-6-8-24(9-7-16)30(26,27)20-14(4)23-29-15(20)5/h10-12,16H,6-9H2,1-5H3. The lowest BCUT2D eigenvalue weighted by molar-refractivity contribution is -0.140. The molecule has 0 radical (unpaired) electrons. The molecule has 1 aromatic heterocycles. The summed E-state index contributed by atoms with van der Waals surface area (Å²) >= 11 is 6.22. The van der Waals surface area contributed by atoms with E-state index in [2.05, 4.69) is 5.16 Å². The second-order valence-electron chi connectivity index (χ2n) is 8.05. The van der Waals surface area contributed by atoms with Crippen LogP contribution in [-0.4, -0.2) is 36.9 Å². The van der Waals surface area contributed by atoms with Crippen molar-refractivity contribution in [1.29, 1.82) is 0 Å². The van der Waals surface area contributed by atoms with Crippen LogP contribution < -0.4 is 4.74 Å². The quantitative estimate of drug-likeness (QED) is 0.491. The lowest BCUT2D eigenvalue weighted by Gasteiger charge is -2.30. The first-order chi connectivity index (χ1) is 14.0. The highest BCUT2D eigenvalue weighted by atomic mass is 35.5. The summed E-state index contributed by atoms with van der Waals surface area (Å²) in [5.74, 6) is 0.231. The normalized spacial score (nSPS) is 16.2. The second kappa shape index (κ2) is 8.69. The van der Waals surface area contributed by atoms with Gasteiger partial charge in [-0.05, 0) is 62.8 Å². The van der Waals surface area contributed by atoms with Gasteiger partial charge in [-0.1, -0.05) is 30.6 Å². The van der Waals surface area contributed by atoms with Crippen LogP contribution in [0.4, 0.5) is 0 Å². The number of carbonyl (C=O) groups excluding carboxylic acids is 1. The minimum Gasteiger partial charge on any atom is -0.426 e. The summed E-state index contributed by atoms with van der Waals surface area (Å²) in [6.07, 6.45) is 0.788. The molecule has 0 bridgehead atoms. The van der Waals surface area contributed by atoms with Crippen molar-refractivity contribution in [1.82, 2.24) is 9.46 Å². The molecule has 0 unspecified atom stereocenters. The predicted molar refractivity (Wildman–Crippen MR) is 113 cm³/mol. The van der Waals surface area contributed by atoms with Crippen LogP contribution in [0.2, 0.25) is 5.02 Å². The summed E-state index contributed by atoms with van der Waals surface area (Å²) in [7, 11) is -3.71. The van der Waals surface area contributed by atoms with Crippen molar-refractivity contribution < 1.29 is 22.5 Å². The molecule has 0 aliphatic carbocycles. The van der Waals surface area contributed by atoms with Gasteiger partial charge >= 0.3 is 5.97 Å². The molecule has 0 amide bonds. The summed E-state index contributed by atoms with van der Waals surface area (Å²) in [5.41, 5.74) is 2.05. The largest absolute Gasteiger partial charge is 0.426 e. The molecule has 0 atom stereocenters. The number of halogens is 1. The van der Waals surface area contributed by atoms with Gasteiger partial charge in [0.05, 0.1) is 5.92 Å². The number of esters is 1. The van der Waals surface area contributed by atoms with E-state index in [1.165, 1.54) is 4.31 Å². The number of hydrogen-bond acceptors (Lipinski definition) is 6. The lowest BCUT2D eigenvalue weighted by Crippen LogP contribution is -2.41. The number of carbonyl (C=O) groups is 1. The Morgan fingerprint density at radius 1 is 1.23 bits per heavy atom. The van der Waals surface area contributed by atoms with Crippen molar-refractivity contribution in [3.63, 3.8) is 0 Å². The van der Waals surface area contributed by atoms with Crippen molar-refractivity contribution >= 4 is 27.6 Å². The third-order valence-electron chi connectivity index (χ3n) is 5.48. The minimum atomic E-state index is -3.71. The van der Waals surface area contributed by atoms with Crippen molar-refractivity contribution in [3.8, 4) is 5.75 Å². The number of benzene rings is 1. The van der Waals surface area contributed by atoms with E-state index in [1.54, 1.807) is 19.9 Å². The molecule has 2 aromatic rings. The van der Waals surface area contributed by atoms with Gasteiger partial charge in [0, 0.05) is 18.1 Å². The maximum atomic E-state index is 12.9. The highest BCUT2D eigenvalue weighted by molar-refractivity contribution is 7.89. The van der Waals surface area contributed by atoms with Gasteiger partial charge in [0.1, 0.15) is 16.3 Å². The fourth-order valence-corrected chi connectivity index (χ4v) is 5.64. The number of nitrogens with zero attached hydrogens (tertiary/aromatic N) is 2. The Labute approximate surface area is 182 Å². The van der Waals surface area contributed by atoms with Crippen LogP contribution >= 0.6 is 11.6 Å². The Bertz CT molecular complexity index is 1030. The monoisotopic (exact) mass is 454 g/mol. The van der Waals surface area contributed by atoms with E-state index in [-0.39, 0.29) is 41.6 Å². The number of hydrogen-bond donors (Lipinski definition) is 0. The molecule has 1 aliphatic rings. The highest BCUT2D eigenvalue weighted by Crippen LogP contribution is 2.34. The SMILES string of the molecule is Cc1cc(OC(=O)C2CCN(S(=O)(=O)c3c(C)noc3C)CC2)c(C(C)C)cc1Cl. The van der Waals surface area contributed by atoms with Crippen molar-refractivity contribution in [2.24, 2.45) is 5.92 Å². The third kappa shape index (κ3) is 4.40. The summed E-state index contributed by atoms with van der Waals surface area (Å²) in [6.45, 7) is 9.55. The maximum Gasteiger partial charge on any atom is 0.314 e. The first-order valence-corrected chi connectivity index (χ1v) is 11.8. The van der Waals surface area contributed by atoms with Crippen LogP contribution in [0.5, 0.6) is 5.75 Å². The third-order valence-corrected chi connectivity index (χ3v) is 8.03. The van der Waals surface area contributed by atoms with Gasteiger partial charge in [-0.3, -0.25) is 4.79 Å². The Kier molecular flexibility index (Phi) is 6.60. The van der Waals surface area contributed by atoms with Crippen molar-refractivity contribution in [2.45, 2.75) is 58.3 Å². The molecule has 0 spiro atoms. The Balaban J connectivity index is 1.70. The molecular weight excluding hydrogens is 428 g/mol. The predicted octanol–water partition coefficient (Wildman–Crippen LogP) is 4.38. The minimum absolute atomic E-state index is 0.113. The fourth-order valence-electron chi connectivity index (χ4n) is 3.71. The van der Waals surface area contributed by atoms with Crippen LogP contribution in [0.15, 0.2) is 21.6 Å². The summed E-state index contributed by atoms with van der Waals surface area (Å²) < 4.78 is 38.0. The van der Waals surface area contributed by atoms with Gasteiger partial charge in [0.25, 0.3) is 0 Å². The molecule has 7 nitrogen and oxygen atoms in total. The zero-order valence-corrected chi connectivity index (χ0v) is 19.4. The van der Waals surface area contributed by atoms with E-state index in [9.17, 15) is 13.2 Å². The van der Waals surface area contributed by atoms with E-state index in [0.29, 0.717) is 29.3 Å². The molecule has 1 aromatic carbocycles. The molecule has 2 heterocycles. The first kappa shape index (κ1) is 22.8. The number of ether oxygens (including phenoxy) is 1. The van der Waals surface area contributed by atoms with Gasteiger partial charge in [-0.15, -0.1) is 0 Å². The van der Waals surface area contributed by atoms with Crippen molar-refractivity contribution in [3.05, 3.63) is 39.7 Å². The molecule has 1 fully saturated rings. The molecular formula is C21H27ClN2O5S. The second-order valence-corrected chi connectivity index (χ2v) is 10.3. The molecule has 164 valence electrons. The molecule has 9 heteroatoms. The first-order valence-electron chi connectivity index (χ1n) is 9.97. The van der Waals surface area contributed by atoms with Crippen LogP contribution in [0, 0.1) is 26.7 Å². The number of sulfonamides is 1. The van der Waals surface area contributed by atoms with Crippen LogP contribution in [0.25, 0.3) is 0 Å². The van der Waals surface area contributed by atoms with E-state index in [0.717, 1.165) is 11.1 Å². The van der Waals surface area contributed by atoms with Crippen molar-refractivity contribution in [2.75, 3.05) is 13.1 Å². The molecule has 0 N–H and O–H groups in total. The Morgan fingerprint density at radius 2 is 1.87 bits per heavy atom. The van der Waals surface area contributed by atoms with Gasteiger partial charge in [-0.2, -0.15) is 4.31 Å². The zero-order valence-electron chi connectivity index (χ0n) is 17.9. The van der Waals surface area contributed by atoms with Gasteiger partial charge < -0.3 is 9.26 Å². The molecule has 1 saturated heterocycles. The number of aryl methyl sites for hydroxylation is 3. The van der Waals surface area contributed by atoms with Crippen LogP contribution in [-0.2, 0) is 14.8 Å². The highest BCUT2D eigenvalue weighted by Gasteiger charge is 2.36. The topological polar surface area (TPSA) is 89.7 Å². The fraction of sp³-hybridized carbons (Fsp3) is 0.524. The van der Waals surface area contributed by atoms with E-state index >= 15 is 0 Å². The van der Waals surface area contributed by atoms with Gasteiger partial charge in [0.15, 0.2) is 5.76 Å². The Morgan fingerprint density at radius 3 is 2.40 bits per heavy atom. The molecule has 30 heavy (non-hydrogen) atoms. The van der Waals surface area contributed by atoms with E-state index < -0.39 is 10.0 Å². The Hall–Kier alpha value is -1.90. The smallest absolute Gasteiger partial charge is 0.314 e. The maximum absolute atomic E-state index is 12.9. The average Bonchev–Trinajstić information content (AvgIpc) is 3.03. The van der Waals surface area contributed by atoms with Gasteiger partial charge in [0.2, 0.25) is 10.0 Å². The number of piperidine rings is 1. The summed E-state index contributed by atoms with van der Waals surface area (Å²) in [4.78, 5) is 12.9. The van der Waals surface area contributed by atoms with Crippen LogP contribution in [0.1, 0.15) is 55.2 Å². The molecule has 1 aliphatic heterocycles. The molecule has 0 saturated carbocycles. The van der Waals surface area contributed by atoms with Crippen LogP contribution in [0.3, 0.4) is 0 Å². The summed E-state index contributed by atoms with van der Waals surface area (Å²) in [6, 6.07) is 3.62. The number of aromatic nitrogens is 1.